The summed E-state index contributed by atoms with van der Waals surface area (Å²) >= 11 is 5.83. The van der Waals surface area contributed by atoms with Gasteiger partial charge in [0.1, 0.15) is 5.69 Å². The number of nitrogens with one attached hydrogen (secondary N) is 1. The topological polar surface area (TPSA) is 101 Å². The fourth-order valence-electron chi connectivity index (χ4n) is 2.15. The molecule has 0 saturated heterocycles. The van der Waals surface area contributed by atoms with E-state index in [2.05, 4.69) is 10.4 Å². The minimum Gasteiger partial charge on any atom is -0.481 e. The van der Waals surface area contributed by atoms with Gasteiger partial charge >= 0.3 is 5.97 Å². The number of amides is 1. The third kappa shape index (κ3) is 4.42. The third-order valence-corrected chi connectivity index (χ3v) is 3.61. The number of benzene rings is 1. The Hall–Kier alpha value is -2.67. The van der Waals surface area contributed by atoms with Crippen molar-refractivity contribution in [3.8, 4) is 0 Å². The Morgan fingerprint density at radius 1 is 1.25 bits per heavy atom. The minimum atomic E-state index is -1.05. The molecule has 1 amide bonds. The van der Waals surface area contributed by atoms with E-state index in [1.54, 1.807) is 31.2 Å². The molecule has 0 fully saturated rings. The summed E-state index contributed by atoms with van der Waals surface area (Å²) in [5, 5.41) is 16.2. The van der Waals surface area contributed by atoms with Crippen LogP contribution in [0.5, 0.6) is 0 Å². The van der Waals surface area contributed by atoms with Crippen LogP contribution in [0.2, 0.25) is 5.02 Å². The molecule has 2 rings (SSSR count). The van der Waals surface area contributed by atoms with E-state index in [0.717, 1.165) is 4.68 Å². The molecule has 1 aromatic heterocycles. The maximum atomic E-state index is 12.3. The fraction of sp³-hybridized carbons (Fsp3) is 0.250. The van der Waals surface area contributed by atoms with Gasteiger partial charge in [-0.1, -0.05) is 23.7 Å². The van der Waals surface area contributed by atoms with E-state index in [-0.39, 0.29) is 17.7 Å². The number of nitrogens with zero attached hydrogens (tertiary/aromatic N) is 2. The molecule has 1 aromatic carbocycles. The zero-order valence-corrected chi connectivity index (χ0v) is 13.7. The highest BCUT2D eigenvalue weighted by Crippen LogP contribution is 2.20. The highest BCUT2D eigenvalue weighted by atomic mass is 35.5. The average molecular weight is 350 g/mol. The second-order valence-electron chi connectivity index (χ2n) is 5.05. The van der Waals surface area contributed by atoms with Gasteiger partial charge in [0.15, 0.2) is 0 Å². The molecule has 0 saturated carbocycles. The van der Waals surface area contributed by atoms with E-state index in [4.69, 9.17) is 16.7 Å². The average Bonchev–Trinajstić information content (AvgIpc) is 2.55. The molecule has 0 aliphatic heterocycles. The van der Waals surface area contributed by atoms with Crippen LogP contribution < -0.4 is 10.9 Å². The van der Waals surface area contributed by atoms with Crippen LogP contribution in [-0.4, -0.2) is 26.8 Å². The number of aryl methyl sites for hydroxylation is 1. The first-order valence-electron chi connectivity index (χ1n) is 7.27. The number of aromatic nitrogens is 2. The van der Waals surface area contributed by atoms with Crippen molar-refractivity contribution in [1.82, 2.24) is 15.1 Å². The number of hydrogen-bond donors (Lipinski definition) is 2. The summed E-state index contributed by atoms with van der Waals surface area (Å²) in [6, 6.07) is 8.35. The summed E-state index contributed by atoms with van der Waals surface area (Å²) in [5.74, 6) is -1.61. The highest BCUT2D eigenvalue weighted by Gasteiger charge is 2.20. The Kier molecular flexibility index (Phi) is 5.70. The Morgan fingerprint density at radius 3 is 2.50 bits per heavy atom. The van der Waals surface area contributed by atoms with Crippen molar-refractivity contribution in [3.63, 3.8) is 0 Å². The molecule has 0 aliphatic rings. The first-order valence-corrected chi connectivity index (χ1v) is 7.64. The standard InChI is InChI=1S/C16H16ClN3O4/c1-2-20-14(21)8-7-12(19-20)16(24)18-13(9-15(22)23)10-3-5-11(17)6-4-10/h3-8,13H,2,9H2,1H3,(H,18,24)(H,22,23). The number of carbonyl (C=O) groups is 2. The minimum absolute atomic E-state index is 0.0424. The van der Waals surface area contributed by atoms with Crippen LogP contribution in [0, 0.1) is 0 Å². The molecule has 126 valence electrons. The summed E-state index contributed by atoms with van der Waals surface area (Å²) < 4.78 is 1.16. The van der Waals surface area contributed by atoms with Gasteiger partial charge in [-0.3, -0.25) is 14.4 Å². The number of carboxylic acids is 1. The SMILES string of the molecule is CCn1nc(C(=O)NC(CC(=O)O)c2ccc(Cl)cc2)ccc1=O. The van der Waals surface area contributed by atoms with Crippen LogP contribution in [0.15, 0.2) is 41.2 Å². The van der Waals surface area contributed by atoms with Crippen molar-refractivity contribution >= 4 is 23.5 Å². The summed E-state index contributed by atoms with van der Waals surface area (Å²) in [7, 11) is 0. The van der Waals surface area contributed by atoms with Crippen molar-refractivity contribution < 1.29 is 14.7 Å². The van der Waals surface area contributed by atoms with Gasteiger partial charge in [0.25, 0.3) is 11.5 Å². The number of rotatable bonds is 6. The molecule has 0 radical (unpaired) electrons. The number of hydrogen-bond acceptors (Lipinski definition) is 4. The smallest absolute Gasteiger partial charge is 0.305 e. The molecular formula is C16H16ClN3O4. The lowest BCUT2D eigenvalue weighted by Crippen LogP contribution is -2.33. The first-order chi connectivity index (χ1) is 11.4. The second-order valence-corrected chi connectivity index (χ2v) is 5.48. The number of carboxylic acid groups (broad SMARTS) is 1. The van der Waals surface area contributed by atoms with Crippen LogP contribution in [-0.2, 0) is 11.3 Å². The largest absolute Gasteiger partial charge is 0.481 e. The monoisotopic (exact) mass is 349 g/mol. The van der Waals surface area contributed by atoms with Gasteiger partial charge in [0, 0.05) is 17.6 Å². The molecule has 0 spiro atoms. The molecule has 1 heterocycles. The lowest BCUT2D eigenvalue weighted by molar-refractivity contribution is -0.137. The Balaban J connectivity index is 2.25. The van der Waals surface area contributed by atoms with Gasteiger partial charge in [-0.15, -0.1) is 0 Å². The highest BCUT2D eigenvalue weighted by molar-refractivity contribution is 6.30. The molecule has 1 unspecified atom stereocenters. The van der Waals surface area contributed by atoms with E-state index in [1.165, 1.54) is 12.1 Å². The molecular weight excluding hydrogens is 334 g/mol. The van der Waals surface area contributed by atoms with E-state index in [0.29, 0.717) is 17.1 Å². The van der Waals surface area contributed by atoms with Crippen molar-refractivity contribution in [2.24, 2.45) is 0 Å². The Labute approximate surface area is 142 Å². The molecule has 2 aromatic rings. The van der Waals surface area contributed by atoms with Gasteiger partial charge in [-0.2, -0.15) is 5.10 Å². The molecule has 0 aliphatic carbocycles. The third-order valence-electron chi connectivity index (χ3n) is 3.36. The first kappa shape index (κ1) is 17.7. The predicted molar refractivity (Wildman–Crippen MR) is 88.1 cm³/mol. The maximum Gasteiger partial charge on any atom is 0.305 e. The lowest BCUT2D eigenvalue weighted by atomic mass is 10.0. The molecule has 8 heteroatoms. The van der Waals surface area contributed by atoms with E-state index in [1.807, 2.05) is 0 Å². The van der Waals surface area contributed by atoms with Crippen LogP contribution >= 0.6 is 11.6 Å². The normalized spacial score (nSPS) is 11.8. The molecule has 1 atom stereocenters. The number of carbonyl (C=O) groups excluding carboxylic acids is 1. The van der Waals surface area contributed by atoms with E-state index in [9.17, 15) is 14.4 Å². The van der Waals surface area contributed by atoms with Crippen molar-refractivity contribution in [1.29, 1.82) is 0 Å². The van der Waals surface area contributed by atoms with Crippen LogP contribution in [0.4, 0.5) is 0 Å². The Morgan fingerprint density at radius 2 is 1.92 bits per heavy atom. The van der Waals surface area contributed by atoms with Gasteiger partial charge < -0.3 is 10.4 Å². The summed E-state index contributed by atoms with van der Waals surface area (Å²) in [4.78, 5) is 34.9. The second kappa shape index (κ2) is 7.74. The Bertz CT molecular complexity index is 802. The van der Waals surface area contributed by atoms with Gasteiger partial charge in [-0.25, -0.2) is 4.68 Å². The molecule has 7 nitrogen and oxygen atoms in total. The lowest BCUT2D eigenvalue weighted by Gasteiger charge is -2.17. The van der Waals surface area contributed by atoms with Gasteiger partial charge in [0.05, 0.1) is 12.5 Å². The number of halogens is 1. The fourth-order valence-corrected chi connectivity index (χ4v) is 2.28. The molecule has 0 bridgehead atoms. The van der Waals surface area contributed by atoms with Gasteiger partial charge in [-0.05, 0) is 30.7 Å². The van der Waals surface area contributed by atoms with Crippen LogP contribution in [0.1, 0.15) is 35.4 Å². The molecule has 24 heavy (non-hydrogen) atoms. The predicted octanol–water partition coefficient (Wildman–Crippen LogP) is 1.86. The van der Waals surface area contributed by atoms with Crippen molar-refractivity contribution in [2.45, 2.75) is 25.9 Å². The van der Waals surface area contributed by atoms with Crippen LogP contribution in [0.3, 0.4) is 0 Å². The van der Waals surface area contributed by atoms with Crippen molar-refractivity contribution in [2.75, 3.05) is 0 Å². The van der Waals surface area contributed by atoms with Gasteiger partial charge in [0.2, 0.25) is 0 Å². The zero-order chi connectivity index (χ0) is 17.7. The number of aliphatic carboxylic acids is 1. The summed E-state index contributed by atoms with van der Waals surface area (Å²) in [5.41, 5.74) is 0.341. The summed E-state index contributed by atoms with van der Waals surface area (Å²) in [6.07, 6.45) is -0.291. The van der Waals surface area contributed by atoms with Crippen molar-refractivity contribution in [3.05, 3.63) is 63.0 Å². The quantitative estimate of drug-likeness (QED) is 0.828. The van der Waals surface area contributed by atoms with Crippen LogP contribution in [0.25, 0.3) is 0 Å². The van der Waals surface area contributed by atoms with E-state index < -0.39 is 17.9 Å². The summed E-state index contributed by atoms with van der Waals surface area (Å²) in [6.45, 7) is 2.06. The van der Waals surface area contributed by atoms with E-state index >= 15 is 0 Å². The zero-order valence-electron chi connectivity index (χ0n) is 12.9. The maximum absolute atomic E-state index is 12.3. The molecule has 2 N–H and O–H groups in total.